The van der Waals surface area contributed by atoms with Crippen molar-refractivity contribution < 1.29 is 38.3 Å². The topological polar surface area (TPSA) is 212 Å². The number of anilines is 1. The number of benzene rings is 2. The molecule has 3 aliphatic rings. The minimum absolute atomic E-state index is 0.0455. The molecule has 53 heavy (non-hydrogen) atoms. The molecule has 3 saturated heterocycles. The number of oxime groups is 1. The van der Waals surface area contributed by atoms with E-state index < -0.39 is 63.4 Å². The molecule has 4 heterocycles. The quantitative estimate of drug-likeness (QED) is 0.0643. The summed E-state index contributed by atoms with van der Waals surface area (Å²) in [6, 6.07) is 16.6. The minimum Gasteiger partial charge on any atom is -0.457 e. The molecule has 3 aromatic rings. The van der Waals surface area contributed by atoms with Gasteiger partial charge in [-0.25, -0.2) is 25.2 Å². The van der Waals surface area contributed by atoms with E-state index in [0.717, 1.165) is 28.1 Å². The Balaban J connectivity index is 1.27. The third kappa shape index (κ3) is 7.51. The molecule has 0 radical (unpaired) electrons. The molecule has 4 amide bonds. The van der Waals surface area contributed by atoms with E-state index in [0.29, 0.717) is 11.1 Å². The van der Waals surface area contributed by atoms with Gasteiger partial charge in [0.05, 0.1) is 13.1 Å². The zero-order chi connectivity index (χ0) is 38.3. The van der Waals surface area contributed by atoms with Crippen LogP contribution in [0.4, 0.5) is 9.93 Å². The number of hydrogen-bond donors (Lipinski definition) is 3. The van der Waals surface area contributed by atoms with Gasteiger partial charge in [-0.15, -0.1) is 11.3 Å². The third-order valence-electron chi connectivity index (χ3n) is 8.59. The van der Waals surface area contributed by atoms with Crippen LogP contribution in [0.3, 0.4) is 0 Å². The first-order valence-electron chi connectivity index (χ1n) is 16.7. The van der Waals surface area contributed by atoms with Crippen LogP contribution in [-0.2, 0) is 33.5 Å². The van der Waals surface area contributed by atoms with Crippen molar-refractivity contribution in [1.29, 1.82) is 0 Å². The Morgan fingerprint density at radius 1 is 1.00 bits per heavy atom. The average molecular weight is 765 g/mol. The van der Waals surface area contributed by atoms with E-state index in [9.17, 15) is 24.0 Å². The highest BCUT2D eigenvalue weighted by Crippen LogP contribution is 2.50. The second-order valence-electron chi connectivity index (χ2n) is 14.1. The second kappa shape index (κ2) is 14.3. The number of nitrogens with zero attached hydrogens (tertiary/aromatic N) is 5. The number of β-lactam (4-membered cyclic amide) rings is 1. The van der Waals surface area contributed by atoms with E-state index in [1.807, 2.05) is 60.7 Å². The van der Waals surface area contributed by atoms with E-state index in [2.05, 4.69) is 15.5 Å². The van der Waals surface area contributed by atoms with Crippen molar-refractivity contribution in [3.05, 3.63) is 82.9 Å². The predicted molar refractivity (Wildman–Crippen MR) is 196 cm³/mol. The Labute approximate surface area is 313 Å². The molecule has 0 aliphatic carbocycles. The Kier molecular flexibility index (Phi) is 10.1. The van der Waals surface area contributed by atoms with Crippen LogP contribution >= 0.6 is 23.1 Å². The SMILES string of the molecule is CC(C)(C)OC(=O)C(C)(C)O/N=C(\C(=O)N[C@@H]1C(=O)N2C[C@@](C(=O)OC(c3ccccc3)c3ccccc3)(N3CCN(N)C3=O)S[C@H]12)c1csc(N)n1. The number of thiazole rings is 1. The number of carbonyl (C=O) groups is 5. The number of hydrazine groups is 1. The highest BCUT2D eigenvalue weighted by molar-refractivity contribution is 8.02. The maximum Gasteiger partial charge on any atom is 0.353 e. The molecule has 2 aromatic carbocycles. The number of aromatic nitrogens is 1. The lowest BCUT2D eigenvalue weighted by atomic mass is 10.0. The molecule has 0 spiro atoms. The van der Waals surface area contributed by atoms with Crippen molar-refractivity contribution in [2.24, 2.45) is 11.0 Å². The first-order valence-corrected chi connectivity index (χ1v) is 18.4. The fourth-order valence-corrected chi connectivity index (χ4v) is 8.11. The molecule has 1 aromatic heterocycles. The van der Waals surface area contributed by atoms with Crippen LogP contribution in [0.2, 0.25) is 0 Å². The van der Waals surface area contributed by atoms with Crippen LogP contribution in [0.25, 0.3) is 0 Å². The fraction of sp³-hybridized carbons (Fsp3) is 0.400. The molecular formula is C35H40N8O8S2. The van der Waals surface area contributed by atoms with E-state index in [-0.39, 0.29) is 36.2 Å². The minimum atomic E-state index is -1.70. The molecule has 3 aliphatic heterocycles. The molecule has 6 rings (SSSR count). The van der Waals surface area contributed by atoms with Gasteiger partial charge in [0.2, 0.25) is 16.4 Å². The van der Waals surface area contributed by atoms with Gasteiger partial charge in [0.25, 0.3) is 5.91 Å². The van der Waals surface area contributed by atoms with Gasteiger partial charge in [-0.2, -0.15) is 0 Å². The smallest absolute Gasteiger partial charge is 0.353 e. The molecule has 18 heteroatoms. The van der Waals surface area contributed by atoms with E-state index in [4.69, 9.17) is 25.9 Å². The van der Waals surface area contributed by atoms with Gasteiger partial charge in [-0.1, -0.05) is 77.6 Å². The molecule has 16 nitrogen and oxygen atoms in total. The number of ether oxygens (including phenoxy) is 2. The Morgan fingerprint density at radius 2 is 1.62 bits per heavy atom. The molecule has 3 atom stereocenters. The lowest BCUT2D eigenvalue weighted by Crippen LogP contribution is -2.68. The first-order chi connectivity index (χ1) is 25.0. The largest absolute Gasteiger partial charge is 0.457 e. The monoisotopic (exact) mass is 764 g/mol. The number of urea groups is 1. The number of rotatable bonds is 11. The molecule has 0 bridgehead atoms. The second-order valence-corrected chi connectivity index (χ2v) is 16.3. The number of nitrogens with two attached hydrogens (primary N) is 2. The Morgan fingerprint density at radius 3 is 2.15 bits per heavy atom. The number of hydrogen-bond acceptors (Lipinski definition) is 14. The summed E-state index contributed by atoms with van der Waals surface area (Å²) >= 11 is 2.06. The Hall–Kier alpha value is -5.20. The van der Waals surface area contributed by atoms with Crippen LogP contribution in [-0.4, -0.2) is 102 Å². The van der Waals surface area contributed by atoms with Gasteiger partial charge in [-0.3, -0.25) is 19.5 Å². The summed E-state index contributed by atoms with van der Waals surface area (Å²) in [7, 11) is 0. The highest BCUT2D eigenvalue weighted by Gasteiger charge is 2.67. The number of esters is 2. The third-order valence-corrected chi connectivity index (χ3v) is 10.9. The van der Waals surface area contributed by atoms with Crippen LogP contribution in [0.15, 0.2) is 71.2 Å². The maximum absolute atomic E-state index is 14.5. The van der Waals surface area contributed by atoms with Crippen molar-refractivity contribution in [3.8, 4) is 0 Å². The van der Waals surface area contributed by atoms with Gasteiger partial charge in [0.1, 0.15) is 22.7 Å². The average Bonchev–Trinajstić information content (AvgIpc) is 3.81. The summed E-state index contributed by atoms with van der Waals surface area (Å²) in [5.41, 5.74) is 4.53. The number of thioether (sulfide) groups is 1. The standard InChI is InChI=1S/C35H40N8O8S2/c1-33(2,3)50-29(46)34(4,5)51-40-23(22-18-52-31(36)38-22)26(44)39-24-27(45)41-19-35(53-28(24)41,42-16-17-43(37)32(42)48)30(47)49-25(20-12-8-6-9-13-20)21-14-10-7-11-15-21/h6-15,18,24-25,28H,16-17,19,37H2,1-5H3,(H2,36,38)(H,39,44)/b40-23-/t24-,28-,35-/m1/s1. The number of amides is 4. The van der Waals surface area contributed by atoms with E-state index >= 15 is 0 Å². The van der Waals surface area contributed by atoms with Crippen molar-refractivity contribution in [3.63, 3.8) is 0 Å². The molecule has 0 saturated carbocycles. The lowest BCUT2D eigenvalue weighted by Gasteiger charge is -2.41. The highest BCUT2D eigenvalue weighted by atomic mass is 32.2. The molecule has 5 N–H and O–H groups in total. The van der Waals surface area contributed by atoms with Crippen LogP contribution in [0.1, 0.15) is 57.5 Å². The van der Waals surface area contributed by atoms with E-state index in [1.165, 1.54) is 29.0 Å². The summed E-state index contributed by atoms with van der Waals surface area (Å²) < 4.78 is 11.7. The van der Waals surface area contributed by atoms with Crippen LogP contribution in [0.5, 0.6) is 0 Å². The summed E-state index contributed by atoms with van der Waals surface area (Å²) in [4.78, 5) is 78.9. The van der Waals surface area contributed by atoms with Crippen molar-refractivity contribution in [2.75, 3.05) is 25.4 Å². The maximum atomic E-state index is 14.5. The normalized spacial score (nSPS) is 21.7. The molecular weight excluding hydrogens is 725 g/mol. The van der Waals surface area contributed by atoms with Crippen LogP contribution in [0, 0.1) is 0 Å². The zero-order valence-corrected chi connectivity index (χ0v) is 31.3. The summed E-state index contributed by atoms with van der Waals surface area (Å²) in [6.07, 6.45) is -0.831. The predicted octanol–water partition coefficient (Wildman–Crippen LogP) is 2.61. The number of nitrogen functional groups attached to an aromatic ring is 1. The zero-order valence-electron chi connectivity index (χ0n) is 29.7. The van der Waals surface area contributed by atoms with Crippen molar-refractivity contribution in [2.45, 2.75) is 68.2 Å². The molecule has 3 fully saturated rings. The van der Waals surface area contributed by atoms with E-state index in [1.54, 1.807) is 20.8 Å². The number of nitrogens with one attached hydrogen (secondary N) is 1. The summed E-state index contributed by atoms with van der Waals surface area (Å²) in [6.45, 7) is 7.99. The Bertz CT molecular complexity index is 1900. The van der Waals surface area contributed by atoms with Gasteiger partial charge in [0, 0.05) is 11.9 Å². The first kappa shape index (κ1) is 37.6. The molecule has 0 unspecified atom stereocenters. The van der Waals surface area contributed by atoms with Gasteiger partial charge < -0.3 is 30.3 Å². The number of fused-ring (bicyclic) bond motifs is 1. The fourth-order valence-electron chi connectivity index (χ4n) is 5.88. The summed E-state index contributed by atoms with van der Waals surface area (Å²) in [5, 5.41) is 8.51. The lowest BCUT2D eigenvalue weighted by molar-refractivity contribution is -0.179. The number of carbonyl (C=O) groups excluding carboxylic acids is 5. The molecule has 280 valence electrons. The van der Waals surface area contributed by atoms with Gasteiger partial charge in [0.15, 0.2) is 16.9 Å². The van der Waals surface area contributed by atoms with Crippen molar-refractivity contribution >= 4 is 63.7 Å². The van der Waals surface area contributed by atoms with Crippen molar-refractivity contribution in [1.82, 2.24) is 25.1 Å². The van der Waals surface area contributed by atoms with Gasteiger partial charge >= 0.3 is 18.0 Å². The van der Waals surface area contributed by atoms with Crippen LogP contribution < -0.4 is 16.9 Å². The van der Waals surface area contributed by atoms with Gasteiger partial charge in [-0.05, 0) is 45.7 Å². The summed E-state index contributed by atoms with van der Waals surface area (Å²) in [5.74, 6) is 3.12.